The van der Waals surface area contributed by atoms with Crippen LogP contribution in [0.4, 0.5) is 0 Å². The molecule has 3 aliphatic rings. The summed E-state index contributed by atoms with van der Waals surface area (Å²) >= 11 is 0. The molecule has 3 nitrogen and oxygen atoms in total. The first kappa shape index (κ1) is 10.7. The molecule has 3 fully saturated rings. The van der Waals surface area contributed by atoms with Crippen molar-refractivity contribution in [2.24, 2.45) is 23.7 Å². The van der Waals surface area contributed by atoms with Crippen LogP contribution >= 0.6 is 0 Å². The van der Waals surface area contributed by atoms with Gasteiger partial charge in [-0.15, -0.1) is 0 Å². The summed E-state index contributed by atoms with van der Waals surface area (Å²) in [7, 11) is 0. The van der Waals surface area contributed by atoms with Gasteiger partial charge in [0, 0.05) is 12.3 Å². The molecule has 2 bridgehead atoms. The Hall–Kier alpha value is -0.860. The molecule has 3 saturated carbocycles. The highest BCUT2D eigenvalue weighted by Crippen LogP contribution is 2.49. The van der Waals surface area contributed by atoms with Crippen molar-refractivity contribution in [2.75, 3.05) is 0 Å². The molecule has 0 aromatic rings. The molecule has 0 aromatic carbocycles. The monoisotopic (exact) mass is 210 g/mol. The Balaban J connectivity index is 2.24. The quantitative estimate of drug-likeness (QED) is 0.776. The fourth-order valence-corrected chi connectivity index (χ4v) is 3.50. The van der Waals surface area contributed by atoms with E-state index < -0.39 is 5.97 Å². The molecule has 0 heterocycles. The highest BCUT2D eigenvalue weighted by Gasteiger charge is 2.49. The third kappa shape index (κ3) is 1.68. The minimum atomic E-state index is -0.754. The second kappa shape index (κ2) is 3.95. The van der Waals surface area contributed by atoms with E-state index in [0.29, 0.717) is 12.3 Å². The number of hydrogen-bond donors (Lipinski definition) is 1. The number of rotatable bonds is 3. The Kier molecular flexibility index (Phi) is 2.81. The molecule has 0 aromatic heterocycles. The zero-order chi connectivity index (χ0) is 11.0. The number of carboxylic acids is 1. The molecule has 0 saturated heterocycles. The molecule has 0 spiro atoms. The van der Waals surface area contributed by atoms with Crippen molar-refractivity contribution in [1.82, 2.24) is 0 Å². The molecule has 0 radical (unpaired) electrons. The van der Waals surface area contributed by atoms with Crippen molar-refractivity contribution in [2.45, 2.75) is 39.0 Å². The Morgan fingerprint density at radius 2 is 1.53 bits per heavy atom. The molecular formula is C12H18O3. The average molecular weight is 210 g/mol. The van der Waals surface area contributed by atoms with Crippen molar-refractivity contribution in [3.63, 3.8) is 0 Å². The van der Waals surface area contributed by atoms with Crippen LogP contribution in [0.5, 0.6) is 0 Å². The van der Waals surface area contributed by atoms with Gasteiger partial charge in [-0.25, -0.2) is 0 Å². The second-order valence-corrected chi connectivity index (χ2v) is 4.88. The van der Waals surface area contributed by atoms with Gasteiger partial charge in [0.2, 0.25) is 0 Å². The van der Waals surface area contributed by atoms with Crippen molar-refractivity contribution in [3.05, 3.63) is 0 Å². The van der Waals surface area contributed by atoms with Crippen LogP contribution < -0.4 is 0 Å². The van der Waals surface area contributed by atoms with Crippen LogP contribution in [0.2, 0.25) is 0 Å². The maximum absolute atomic E-state index is 11.8. The standard InChI is InChI=1S/C12H18O3/c1-2-9(13)10-7-3-5-8(6-4-7)11(10)12(14)15/h7-8,10-11H,2-6H2,1H3,(H,14,15)/t7?,8?,10-,11-/m0/s1. The lowest BCUT2D eigenvalue weighted by atomic mass is 9.57. The number of hydrogen-bond acceptors (Lipinski definition) is 2. The molecule has 3 rings (SSSR count). The molecule has 84 valence electrons. The van der Waals surface area contributed by atoms with Crippen LogP contribution in [-0.4, -0.2) is 16.9 Å². The van der Waals surface area contributed by atoms with Gasteiger partial charge in [-0.1, -0.05) is 6.92 Å². The Labute approximate surface area is 89.9 Å². The van der Waals surface area contributed by atoms with Gasteiger partial charge in [-0.2, -0.15) is 0 Å². The maximum atomic E-state index is 11.8. The maximum Gasteiger partial charge on any atom is 0.307 e. The van der Waals surface area contributed by atoms with E-state index in [9.17, 15) is 14.7 Å². The lowest BCUT2D eigenvalue weighted by molar-refractivity contribution is -0.157. The second-order valence-electron chi connectivity index (χ2n) is 4.88. The number of aliphatic carboxylic acids is 1. The predicted octanol–water partition coefficient (Wildman–Crippen LogP) is 2.10. The van der Waals surface area contributed by atoms with E-state index in [0.717, 1.165) is 25.7 Å². The molecule has 0 aliphatic heterocycles. The minimum Gasteiger partial charge on any atom is -0.481 e. The van der Waals surface area contributed by atoms with Crippen LogP contribution in [0.25, 0.3) is 0 Å². The number of Topliss-reactive ketones (excluding diaryl/α,β-unsaturated/α-hetero) is 1. The van der Waals surface area contributed by atoms with Gasteiger partial charge in [-0.3, -0.25) is 9.59 Å². The third-order valence-electron chi connectivity index (χ3n) is 4.22. The van der Waals surface area contributed by atoms with Gasteiger partial charge in [0.25, 0.3) is 0 Å². The van der Waals surface area contributed by atoms with Crippen LogP contribution in [0.1, 0.15) is 39.0 Å². The van der Waals surface area contributed by atoms with Gasteiger partial charge in [0.15, 0.2) is 0 Å². The zero-order valence-corrected chi connectivity index (χ0v) is 9.11. The molecule has 2 atom stereocenters. The van der Waals surface area contributed by atoms with E-state index in [2.05, 4.69) is 0 Å². The summed E-state index contributed by atoms with van der Waals surface area (Å²) < 4.78 is 0. The SMILES string of the molecule is CCC(=O)[C@@H]1C2CCC(CC2)[C@@H]1C(=O)O. The summed E-state index contributed by atoms with van der Waals surface area (Å²) in [5.74, 6) is -0.547. The van der Waals surface area contributed by atoms with Gasteiger partial charge in [0.1, 0.15) is 5.78 Å². The zero-order valence-electron chi connectivity index (χ0n) is 9.11. The van der Waals surface area contributed by atoms with Crippen LogP contribution in [0, 0.1) is 23.7 Å². The van der Waals surface area contributed by atoms with E-state index >= 15 is 0 Å². The number of carbonyl (C=O) groups is 2. The van der Waals surface area contributed by atoms with Crippen molar-refractivity contribution < 1.29 is 14.7 Å². The van der Waals surface area contributed by atoms with Gasteiger partial charge < -0.3 is 5.11 Å². The minimum absolute atomic E-state index is 0.164. The average Bonchev–Trinajstić information content (AvgIpc) is 2.28. The number of fused-ring (bicyclic) bond motifs is 3. The topological polar surface area (TPSA) is 54.4 Å². The van der Waals surface area contributed by atoms with Crippen LogP contribution in [0.3, 0.4) is 0 Å². The van der Waals surface area contributed by atoms with Crippen molar-refractivity contribution in [3.8, 4) is 0 Å². The largest absolute Gasteiger partial charge is 0.481 e. The van der Waals surface area contributed by atoms with E-state index in [1.807, 2.05) is 6.92 Å². The molecule has 3 aliphatic carbocycles. The number of ketones is 1. The molecular weight excluding hydrogens is 192 g/mol. The van der Waals surface area contributed by atoms with Crippen molar-refractivity contribution in [1.29, 1.82) is 0 Å². The Morgan fingerprint density at radius 1 is 1.07 bits per heavy atom. The summed E-state index contributed by atoms with van der Waals surface area (Å²) in [4.78, 5) is 23.0. The lowest BCUT2D eigenvalue weighted by Crippen LogP contribution is -2.47. The first-order valence-corrected chi connectivity index (χ1v) is 5.90. The van der Waals surface area contributed by atoms with Gasteiger partial charge >= 0.3 is 5.97 Å². The Morgan fingerprint density at radius 3 is 1.93 bits per heavy atom. The molecule has 0 amide bonds. The van der Waals surface area contributed by atoms with Crippen molar-refractivity contribution >= 4 is 11.8 Å². The number of carbonyl (C=O) groups excluding carboxylic acids is 1. The first-order valence-electron chi connectivity index (χ1n) is 5.90. The van der Waals surface area contributed by atoms with Gasteiger partial charge in [0.05, 0.1) is 5.92 Å². The molecule has 0 unspecified atom stereocenters. The Bertz CT molecular complexity index is 277. The highest BCUT2D eigenvalue weighted by molar-refractivity contribution is 5.87. The number of carboxylic acid groups (broad SMARTS) is 1. The van der Waals surface area contributed by atoms with E-state index in [-0.39, 0.29) is 23.5 Å². The summed E-state index contributed by atoms with van der Waals surface area (Å²) in [5.41, 5.74) is 0. The van der Waals surface area contributed by atoms with E-state index in [4.69, 9.17) is 0 Å². The first-order chi connectivity index (χ1) is 7.15. The smallest absolute Gasteiger partial charge is 0.307 e. The lowest BCUT2D eigenvalue weighted by Gasteiger charge is -2.45. The molecule has 15 heavy (non-hydrogen) atoms. The van der Waals surface area contributed by atoms with Gasteiger partial charge in [-0.05, 0) is 37.5 Å². The van der Waals surface area contributed by atoms with E-state index in [1.165, 1.54) is 0 Å². The van der Waals surface area contributed by atoms with Crippen LogP contribution in [-0.2, 0) is 9.59 Å². The summed E-state index contributed by atoms with van der Waals surface area (Å²) in [6.07, 6.45) is 4.62. The fourth-order valence-electron chi connectivity index (χ4n) is 3.50. The summed E-state index contributed by atoms with van der Waals surface area (Å²) in [5, 5.41) is 9.22. The van der Waals surface area contributed by atoms with Crippen LogP contribution in [0.15, 0.2) is 0 Å². The normalized spacial score (nSPS) is 39.0. The molecule has 1 N–H and O–H groups in total. The summed E-state index contributed by atoms with van der Waals surface area (Å²) in [6, 6.07) is 0. The van der Waals surface area contributed by atoms with E-state index in [1.54, 1.807) is 0 Å². The molecule has 3 heteroatoms. The predicted molar refractivity (Wildman–Crippen MR) is 55.4 cm³/mol. The highest BCUT2D eigenvalue weighted by atomic mass is 16.4. The third-order valence-corrected chi connectivity index (χ3v) is 4.22. The summed E-state index contributed by atoms with van der Waals surface area (Å²) in [6.45, 7) is 1.84. The fraction of sp³-hybridized carbons (Fsp3) is 0.833.